The van der Waals surface area contributed by atoms with E-state index in [1.165, 1.54) is 15.6 Å². The third kappa shape index (κ3) is 3.04. The van der Waals surface area contributed by atoms with E-state index in [0.29, 0.717) is 11.8 Å². The van der Waals surface area contributed by atoms with Crippen molar-refractivity contribution in [1.82, 2.24) is 0 Å². The number of hydrogen-bond donors (Lipinski definition) is 1. The predicted octanol–water partition coefficient (Wildman–Crippen LogP) is 5.76. The summed E-state index contributed by atoms with van der Waals surface area (Å²) in [7, 11) is 0. The van der Waals surface area contributed by atoms with Crippen LogP contribution in [0.15, 0.2) is 21.5 Å². The maximum Gasteiger partial charge on any atom is 0.0213 e. The Hall–Kier alpha value is 0.0500. The molecule has 0 saturated heterocycles. The molecule has 90 valence electrons. The third-order valence-corrected chi connectivity index (χ3v) is 4.51. The Kier molecular flexibility index (Phi) is 5.39. The van der Waals surface area contributed by atoms with Crippen LogP contribution in [0.25, 0.3) is 0 Å². The first-order valence-corrected chi connectivity index (χ1v) is 7.27. The quantitative estimate of drug-likeness (QED) is 0.671. The molecular weight excluding hydrogens is 280 g/mol. The van der Waals surface area contributed by atoms with Crippen LogP contribution in [-0.4, -0.2) is 0 Å². The van der Waals surface area contributed by atoms with Gasteiger partial charge < -0.3 is 0 Å². The number of halogens is 1. The monoisotopic (exact) mass is 300 g/mol. The largest absolute Gasteiger partial charge is 0.143 e. The highest BCUT2D eigenvalue weighted by atomic mass is 79.9. The standard InChI is InChI=1S/C14H21BrS/c1-5-9(3)11-8-14(16)12(7-13(11)15)10(4)6-2/h7-10,16H,5-6H2,1-4H3. The van der Waals surface area contributed by atoms with Crippen LogP contribution in [0.3, 0.4) is 0 Å². The van der Waals surface area contributed by atoms with Crippen LogP contribution in [0, 0.1) is 0 Å². The van der Waals surface area contributed by atoms with Crippen LogP contribution in [0.5, 0.6) is 0 Å². The molecule has 2 unspecified atom stereocenters. The van der Waals surface area contributed by atoms with Gasteiger partial charge in [-0.05, 0) is 47.9 Å². The fraction of sp³-hybridized carbons (Fsp3) is 0.571. The van der Waals surface area contributed by atoms with E-state index in [2.05, 4.69) is 68.4 Å². The fourth-order valence-corrected chi connectivity index (χ4v) is 2.98. The summed E-state index contributed by atoms with van der Waals surface area (Å²) in [4.78, 5) is 1.13. The number of benzene rings is 1. The lowest BCUT2D eigenvalue weighted by Gasteiger charge is -2.18. The molecule has 0 aromatic heterocycles. The van der Waals surface area contributed by atoms with Crippen molar-refractivity contribution >= 4 is 28.6 Å². The van der Waals surface area contributed by atoms with E-state index in [9.17, 15) is 0 Å². The summed E-state index contributed by atoms with van der Waals surface area (Å²) in [6.07, 6.45) is 2.32. The maximum absolute atomic E-state index is 4.62. The van der Waals surface area contributed by atoms with E-state index in [0.717, 1.165) is 17.7 Å². The molecule has 1 aromatic rings. The maximum atomic E-state index is 4.62. The molecule has 1 rings (SSSR count). The molecule has 0 spiro atoms. The number of thiol groups is 1. The van der Waals surface area contributed by atoms with Crippen molar-refractivity contribution in [2.45, 2.75) is 57.3 Å². The average Bonchev–Trinajstić information content (AvgIpc) is 2.29. The second kappa shape index (κ2) is 6.11. The van der Waals surface area contributed by atoms with Gasteiger partial charge in [-0.3, -0.25) is 0 Å². The molecule has 2 heteroatoms. The van der Waals surface area contributed by atoms with Crippen LogP contribution < -0.4 is 0 Å². The Morgan fingerprint density at radius 2 is 1.56 bits per heavy atom. The summed E-state index contributed by atoms with van der Waals surface area (Å²) >= 11 is 8.31. The minimum atomic E-state index is 0.579. The van der Waals surface area contributed by atoms with Crippen molar-refractivity contribution in [2.75, 3.05) is 0 Å². The van der Waals surface area contributed by atoms with E-state index < -0.39 is 0 Å². The average molecular weight is 301 g/mol. The van der Waals surface area contributed by atoms with Crippen molar-refractivity contribution < 1.29 is 0 Å². The Balaban J connectivity index is 3.16. The minimum absolute atomic E-state index is 0.579. The molecular formula is C14H21BrS. The van der Waals surface area contributed by atoms with Gasteiger partial charge in [0, 0.05) is 9.37 Å². The Bertz CT molecular complexity index is 324. The topological polar surface area (TPSA) is 0 Å². The van der Waals surface area contributed by atoms with Crippen LogP contribution in [0.4, 0.5) is 0 Å². The molecule has 1 aromatic carbocycles. The molecule has 16 heavy (non-hydrogen) atoms. The van der Waals surface area contributed by atoms with Crippen molar-refractivity contribution in [3.63, 3.8) is 0 Å². The predicted molar refractivity (Wildman–Crippen MR) is 78.8 cm³/mol. The lowest BCUT2D eigenvalue weighted by Crippen LogP contribution is -1.99. The van der Waals surface area contributed by atoms with Gasteiger partial charge >= 0.3 is 0 Å². The van der Waals surface area contributed by atoms with E-state index >= 15 is 0 Å². The van der Waals surface area contributed by atoms with Gasteiger partial charge in [0.1, 0.15) is 0 Å². The van der Waals surface area contributed by atoms with Gasteiger partial charge in [-0.2, -0.15) is 0 Å². The molecule has 0 saturated carbocycles. The van der Waals surface area contributed by atoms with Crippen molar-refractivity contribution in [1.29, 1.82) is 0 Å². The highest BCUT2D eigenvalue weighted by Crippen LogP contribution is 2.35. The van der Waals surface area contributed by atoms with Gasteiger partial charge in [-0.15, -0.1) is 12.6 Å². The molecule has 0 bridgehead atoms. The van der Waals surface area contributed by atoms with E-state index in [4.69, 9.17) is 0 Å². The van der Waals surface area contributed by atoms with E-state index in [1.807, 2.05) is 0 Å². The SMILES string of the molecule is CCC(C)c1cc(Br)c(C(C)CC)cc1S. The summed E-state index contributed by atoms with van der Waals surface area (Å²) in [6.45, 7) is 8.95. The highest BCUT2D eigenvalue weighted by molar-refractivity contribution is 9.10. The zero-order chi connectivity index (χ0) is 12.3. The van der Waals surface area contributed by atoms with Gasteiger partial charge in [0.15, 0.2) is 0 Å². The minimum Gasteiger partial charge on any atom is -0.143 e. The second-order valence-corrected chi connectivity index (χ2v) is 5.89. The Morgan fingerprint density at radius 3 is 2.06 bits per heavy atom. The van der Waals surface area contributed by atoms with Crippen molar-refractivity contribution in [3.8, 4) is 0 Å². The highest BCUT2D eigenvalue weighted by Gasteiger charge is 2.13. The first kappa shape index (κ1) is 14.1. The van der Waals surface area contributed by atoms with Gasteiger partial charge in [0.25, 0.3) is 0 Å². The van der Waals surface area contributed by atoms with Gasteiger partial charge in [-0.1, -0.05) is 43.6 Å². The molecule has 2 atom stereocenters. The molecule has 0 heterocycles. The molecule has 0 aliphatic heterocycles. The summed E-state index contributed by atoms with van der Waals surface area (Å²) in [5, 5.41) is 0. The second-order valence-electron chi connectivity index (χ2n) is 4.55. The molecule has 0 amide bonds. The fourth-order valence-electron chi connectivity index (χ4n) is 1.81. The van der Waals surface area contributed by atoms with Crippen molar-refractivity contribution in [3.05, 3.63) is 27.7 Å². The molecule has 0 N–H and O–H groups in total. The zero-order valence-electron chi connectivity index (χ0n) is 10.5. The molecule has 0 nitrogen and oxygen atoms in total. The van der Waals surface area contributed by atoms with Gasteiger partial charge in [-0.25, -0.2) is 0 Å². The summed E-state index contributed by atoms with van der Waals surface area (Å²) in [6, 6.07) is 4.47. The van der Waals surface area contributed by atoms with E-state index in [-0.39, 0.29) is 0 Å². The van der Waals surface area contributed by atoms with Crippen molar-refractivity contribution in [2.24, 2.45) is 0 Å². The molecule has 0 aliphatic carbocycles. The molecule has 0 radical (unpaired) electrons. The van der Waals surface area contributed by atoms with Crippen LogP contribution in [0.1, 0.15) is 63.5 Å². The number of hydrogen-bond acceptors (Lipinski definition) is 1. The molecule has 0 aliphatic rings. The zero-order valence-corrected chi connectivity index (χ0v) is 13.0. The summed E-state index contributed by atoms with van der Waals surface area (Å²) in [5.41, 5.74) is 2.73. The van der Waals surface area contributed by atoms with E-state index in [1.54, 1.807) is 0 Å². The number of rotatable bonds is 4. The normalized spacial score (nSPS) is 14.9. The van der Waals surface area contributed by atoms with Crippen LogP contribution in [-0.2, 0) is 0 Å². The van der Waals surface area contributed by atoms with Crippen LogP contribution in [0.2, 0.25) is 0 Å². The molecule has 0 fully saturated rings. The third-order valence-electron chi connectivity index (χ3n) is 3.43. The first-order chi connectivity index (χ1) is 7.51. The lowest BCUT2D eigenvalue weighted by atomic mass is 9.93. The summed E-state index contributed by atoms with van der Waals surface area (Å²) in [5.74, 6) is 1.17. The van der Waals surface area contributed by atoms with Gasteiger partial charge in [0.05, 0.1) is 0 Å². The summed E-state index contributed by atoms with van der Waals surface area (Å²) < 4.78 is 1.23. The Morgan fingerprint density at radius 1 is 1.06 bits per heavy atom. The first-order valence-electron chi connectivity index (χ1n) is 6.03. The lowest BCUT2D eigenvalue weighted by molar-refractivity contribution is 0.703. The van der Waals surface area contributed by atoms with Crippen LogP contribution >= 0.6 is 28.6 Å². The Labute approximate surface area is 113 Å². The smallest absolute Gasteiger partial charge is 0.0213 e. The van der Waals surface area contributed by atoms with Gasteiger partial charge in [0.2, 0.25) is 0 Å².